The Labute approximate surface area is 105 Å². The van der Waals surface area contributed by atoms with Gasteiger partial charge >= 0.3 is 0 Å². The van der Waals surface area contributed by atoms with Crippen LogP contribution in [0, 0.1) is 17.6 Å². The lowest BCUT2D eigenvalue weighted by Crippen LogP contribution is -2.37. The standard InChI is InChI=1S/C13H17F2NO2/c1-16(6-8-2-10(18)3-8)13-11(14)4-9(7-17)5-12(13)15/h4-5,8,10,17-18H,2-3,6-7H2,1H3. The van der Waals surface area contributed by atoms with Crippen molar-refractivity contribution < 1.29 is 19.0 Å². The number of aliphatic hydroxyl groups is 2. The van der Waals surface area contributed by atoms with Crippen molar-refractivity contribution in [2.45, 2.75) is 25.6 Å². The monoisotopic (exact) mass is 257 g/mol. The molecule has 0 atom stereocenters. The average Bonchev–Trinajstić information content (AvgIpc) is 2.25. The Balaban J connectivity index is 2.12. The van der Waals surface area contributed by atoms with Crippen molar-refractivity contribution in [3.05, 3.63) is 29.3 Å². The molecule has 100 valence electrons. The van der Waals surface area contributed by atoms with Gasteiger partial charge in [-0.1, -0.05) is 0 Å². The van der Waals surface area contributed by atoms with Crippen LogP contribution in [0.1, 0.15) is 18.4 Å². The van der Waals surface area contributed by atoms with Crippen LogP contribution in [-0.4, -0.2) is 29.9 Å². The van der Waals surface area contributed by atoms with Crippen molar-refractivity contribution in [1.29, 1.82) is 0 Å². The fraction of sp³-hybridized carbons (Fsp3) is 0.538. The van der Waals surface area contributed by atoms with Gasteiger partial charge in [-0.15, -0.1) is 0 Å². The maximum atomic E-state index is 13.8. The lowest BCUT2D eigenvalue weighted by molar-refractivity contribution is 0.0464. The molecule has 0 amide bonds. The normalized spacial score (nSPS) is 22.7. The third-order valence-electron chi connectivity index (χ3n) is 3.38. The Hall–Kier alpha value is -1.20. The van der Waals surface area contributed by atoms with Crippen molar-refractivity contribution in [2.75, 3.05) is 18.5 Å². The van der Waals surface area contributed by atoms with Crippen LogP contribution in [0.5, 0.6) is 0 Å². The van der Waals surface area contributed by atoms with Crippen molar-refractivity contribution in [1.82, 2.24) is 0 Å². The van der Waals surface area contributed by atoms with Crippen LogP contribution >= 0.6 is 0 Å². The number of aliphatic hydroxyl groups excluding tert-OH is 2. The summed E-state index contributed by atoms with van der Waals surface area (Å²) in [6.45, 7) is 0.135. The molecule has 2 rings (SSSR count). The molecule has 0 aliphatic heterocycles. The van der Waals surface area contributed by atoms with Gasteiger partial charge in [0.1, 0.15) is 17.3 Å². The fourth-order valence-corrected chi connectivity index (χ4v) is 2.40. The van der Waals surface area contributed by atoms with Crippen molar-refractivity contribution in [3.8, 4) is 0 Å². The highest BCUT2D eigenvalue weighted by Gasteiger charge is 2.29. The van der Waals surface area contributed by atoms with E-state index < -0.39 is 11.6 Å². The van der Waals surface area contributed by atoms with Crippen LogP contribution in [-0.2, 0) is 6.61 Å². The summed E-state index contributed by atoms with van der Waals surface area (Å²) in [7, 11) is 1.63. The largest absolute Gasteiger partial charge is 0.393 e. The minimum absolute atomic E-state index is 0.0754. The molecule has 1 aromatic rings. The second-order valence-electron chi connectivity index (χ2n) is 4.94. The van der Waals surface area contributed by atoms with Gasteiger partial charge in [0.05, 0.1) is 12.7 Å². The molecule has 5 heteroatoms. The Kier molecular flexibility index (Phi) is 3.82. The molecule has 3 nitrogen and oxygen atoms in total. The average molecular weight is 257 g/mol. The van der Waals surface area contributed by atoms with Gasteiger partial charge in [-0.25, -0.2) is 8.78 Å². The predicted octanol–water partition coefficient (Wildman–Crippen LogP) is 1.66. The van der Waals surface area contributed by atoms with Crippen LogP contribution in [0.4, 0.5) is 14.5 Å². The molecule has 1 aliphatic rings. The number of hydrogen-bond acceptors (Lipinski definition) is 3. The van der Waals surface area contributed by atoms with E-state index in [-0.39, 0.29) is 29.9 Å². The van der Waals surface area contributed by atoms with E-state index >= 15 is 0 Å². The molecular formula is C13H17F2NO2. The zero-order chi connectivity index (χ0) is 13.3. The van der Waals surface area contributed by atoms with Crippen molar-refractivity contribution in [3.63, 3.8) is 0 Å². The van der Waals surface area contributed by atoms with E-state index in [0.717, 1.165) is 12.1 Å². The van der Waals surface area contributed by atoms with Crippen LogP contribution < -0.4 is 4.90 Å². The van der Waals surface area contributed by atoms with Crippen molar-refractivity contribution >= 4 is 5.69 Å². The molecule has 1 fully saturated rings. The number of benzene rings is 1. The first kappa shape index (κ1) is 13.2. The third-order valence-corrected chi connectivity index (χ3v) is 3.38. The molecule has 1 aliphatic carbocycles. The highest BCUT2D eigenvalue weighted by Crippen LogP contribution is 2.31. The fourth-order valence-electron chi connectivity index (χ4n) is 2.40. The lowest BCUT2D eigenvalue weighted by atomic mass is 9.82. The Morgan fingerprint density at radius 1 is 1.28 bits per heavy atom. The Morgan fingerprint density at radius 3 is 2.28 bits per heavy atom. The van der Waals surface area contributed by atoms with Gasteiger partial charge in [0.2, 0.25) is 0 Å². The van der Waals surface area contributed by atoms with Gasteiger partial charge in [-0.05, 0) is 36.5 Å². The summed E-state index contributed by atoms with van der Waals surface area (Å²) in [5, 5.41) is 18.0. The van der Waals surface area contributed by atoms with Gasteiger partial charge in [0.25, 0.3) is 0 Å². The lowest BCUT2D eigenvalue weighted by Gasteiger charge is -2.35. The molecule has 18 heavy (non-hydrogen) atoms. The van der Waals surface area contributed by atoms with Crippen LogP contribution in [0.15, 0.2) is 12.1 Å². The molecule has 1 aromatic carbocycles. The number of nitrogens with zero attached hydrogens (tertiary/aromatic N) is 1. The molecule has 0 spiro atoms. The van der Waals surface area contributed by atoms with E-state index in [4.69, 9.17) is 5.11 Å². The maximum absolute atomic E-state index is 13.8. The second kappa shape index (κ2) is 5.20. The second-order valence-corrected chi connectivity index (χ2v) is 4.94. The quantitative estimate of drug-likeness (QED) is 0.862. The summed E-state index contributed by atoms with van der Waals surface area (Å²) in [5.74, 6) is -1.05. The predicted molar refractivity (Wildman–Crippen MR) is 64.3 cm³/mol. The zero-order valence-corrected chi connectivity index (χ0v) is 10.2. The molecule has 0 heterocycles. The summed E-state index contributed by atoms with van der Waals surface area (Å²) in [6, 6.07) is 2.29. The number of hydrogen-bond donors (Lipinski definition) is 2. The molecule has 0 aromatic heterocycles. The van der Waals surface area contributed by atoms with Crippen LogP contribution in [0.25, 0.3) is 0 Å². The first-order valence-corrected chi connectivity index (χ1v) is 5.99. The summed E-state index contributed by atoms with van der Waals surface area (Å²) in [6.07, 6.45) is 1.10. The molecule has 1 saturated carbocycles. The van der Waals surface area contributed by atoms with Crippen molar-refractivity contribution in [2.24, 2.45) is 5.92 Å². The minimum atomic E-state index is -0.665. The highest BCUT2D eigenvalue weighted by molar-refractivity contribution is 5.50. The molecule has 0 unspecified atom stereocenters. The summed E-state index contributed by atoms with van der Waals surface area (Å²) >= 11 is 0. The van der Waals surface area contributed by atoms with Gasteiger partial charge < -0.3 is 15.1 Å². The Bertz CT molecular complexity index is 410. The van der Waals surface area contributed by atoms with E-state index in [9.17, 15) is 13.9 Å². The number of halogens is 2. The first-order chi connectivity index (χ1) is 8.51. The van der Waals surface area contributed by atoms with Crippen LogP contribution in [0.3, 0.4) is 0 Å². The number of anilines is 1. The summed E-state index contributed by atoms with van der Waals surface area (Å²) in [5.41, 5.74) is 0.148. The van der Waals surface area contributed by atoms with E-state index in [0.29, 0.717) is 19.4 Å². The maximum Gasteiger partial charge on any atom is 0.149 e. The van der Waals surface area contributed by atoms with Gasteiger partial charge in [-0.2, -0.15) is 0 Å². The Morgan fingerprint density at radius 2 is 1.83 bits per heavy atom. The first-order valence-electron chi connectivity index (χ1n) is 5.99. The molecule has 0 saturated heterocycles. The number of rotatable bonds is 4. The van der Waals surface area contributed by atoms with E-state index in [2.05, 4.69) is 0 Å². The van der Waals surface area contributed by atoms with Gasteiger partial charge in [0, 0.05) is 13.6 Å². The highest BCUT2D eigenvalue weighted by atomic mass is 19.1. The summed E-state index contributed by atoms with van der Waals surface area (Å²) < 4.78 is 27.5. The van der Waals surface area contributed by atoms with Crippen LogP contribution in [0.2, 0.25) is 0 Å². The van der Waals surface area contributed by atoms with Gasteiger partial charge in [0.15, 0.2) is 0 Å². The topological polar surface area (TPSA) is 43.7 Å². The molecule has 0 bridgehead atoms. The molecular weight excluding hydrogens is 240 g/mol. The third kappa shape index (κ3) is 2.62. The summed E-state index contributed by atoms with van der Waals surface area (Å²) in [4.78, 5) is 1.53. The van der Waals surface area contributed by atoms with E-state index in [1.165, 1.54) is 4.90 Å². The molecule has 0 radical (unpaired) electrons. The van der Waals surface area contributed by atoms with E-state index in [1.807, 2.05) is 0 Å². The minimum Gasteiger partial charge on any atom is -0.393 e. The SMILES string of the molecule is CN(CC1CC(O)C1)c1c(F)cc(CO)cc1F. The molecule has 2 N–H and O–H groups in total. The van der Waals surface area contributed by atoms with Gasteiger partial charge in [-0.3, -0.25) is 0 Å². The smallest absolute Gasteiger partial charge is 0.149 e. The zero-order valence-electron chi connectivity index (χ0n) is 10.2. The van der Waals surface area contributed by atoms with E-state index in [1.54, 1.807) is 7.05 Å².